The quantitative estimate of drug-likeness (QED) is 0.810. The van der Waals surface area contributed by atoms with E-state index in [0.717, 1.165) is 23.4 Å². The molecule has 1 saturated carbocycles. The molecule has 6 nitrogen and oxygen atoms in total. The third-order valence-electron chi connectivity index (χ3n) is 4.65. The summed E-state index contributed by atoms with van der Waals surface area (Å²) in [6.07, 6.45) is 6.38. The highest BCUT2D eigenvalue weighted by Crippen LogP contribution is 2.31. The van der Waals surface area contributed by atoms with Crippen molar-refractivity contribution in [3.8, 4) is 0 Å². The number of amides is 1. The van der Waals surface area contributed by atoms with Gasteiger partial charge in [0.15, 0.2) is 0 Å². The van der Waals surface area contributed by atoms with Gasteiger partial charge in [0, 0.05) is 13.1 Å². The minimum absolute atomic E-state index is 0.367. The summed E-state index contributed by atoms with van der Waals surface area (Å²) in [5.41, 5.74) is 7.66. The van der Waals surface area contributed by atoms with Gasteiger partial charge in [-0.05, 0) is 30.9 Å². The molecule has 22 heavy (non-hydrogen) atoms. The van der Waals surface area contributed by atoms with E-state index >= 15 is 0 Å². The molecule has 3 rings (SSSR count). The second-order valence-electron chi connectivity index (χ2n) is 6.08. The molecule has 0 bridgehead atoms. The van der Waals surface area contributed by atoms with Crippen LogP contribution in [-0.2, 0) is 0 Å². The monoisotopic (exact) mass is 301 g/mol. The van der Waals surface area contributed by atoms with Crippen molar-refractivity contribution >= 4 is 22.9 Å². The van der Waals surface area contributed by atoms with E-state index in [4.69, 9.17) is 5.73 Å². The van der Waals surface area contributed by atoms with Gasteiger partial charge in [-0.3, -0.25) is 4.79 Å². The van der Waals surface area contributed by atoms with Crippen LogP contribution < -0.4 is 16.4 Å². The van der Waals surface area contributed by atoms with Crippen LogP contribution in [0.2, 0.25) is 0 Å². The Labute approximate surface area is 130 Å². The second-order valence-corrected chi connectivity index (χ2v) is 6.08. The van der Waals surface area contributed by atoms with Crippen molar-refractivity contribution in [3.63, 3.8) is 0 Å². The van der Waals surface area contributed by atoms with Gasteiger partial charge in [-0.1, -0.05) is 19.8 Å². The summed E-state index contributed by atoms with van der Waals surface area (Å²) in [6.45, 7) is 2.26. The molecule has 1 aliphatic rings. The maximum atomic E-state index is 11.8. The first kappa shape index (κ1) is 14.7. The topological polar surface area (TPSA) is 84.5 Å². The molecule has 6 heteroatoms. The number of rotatable bonds is 4. The van der Waals surface area contributed by atoms with E-state index in [-0.39, 0.29) is 0 Å². The second kappa shape index (κ2) is 5.87. The van der Waals surface area contributed by atoms with Crippen molar-refractivity contribution in [1.82, 2.24) is 9.61 Å². The number of hydrogen-bond donors (Lipinski definition) is 3. The maximum absolute atomic E-state index is 11.8. The summed E-state index contributed by atoms with van der Waals surface area (Å²) in [7, 11) is 1.85. The number of nitrogens with zero attached hydrogens (tertiary/aromatic N) is 2. The molecule has 4 N–H and O–H groups in total. The molecule has 1 fully saturated rings. The molecule has 1 aliphatic carbocycles. The van der Waals surface area contributed by atoms with Crippen LogP contribution in [-0.4, -0.2) is 28.6 Å². The van der Waals surface area contributed by atoms with Crippen LogP contribution >= 0.6 is 0 Å². The molecule has 0 saturated heterocycles. The lowest BCUT2D eigenvalue weighted by Gasteiger charge is -2.31. The first-order chi connectivity index (χ1) is 10.6. The van der Waals surface area contributed by atoms with Crippen LogP contribution in [0.5, 0.6) is 0 Å². The predicted molar refractivity (Wildman–Crippen MR) is 88.3 cm³/mol. The minimum atomic E-state index is -0.451. The highest BCUT2D eigenvalue weighted by Gasteiger charge is 2.24. The number of carbonyl (C=O) groups excluding carboxylic acids is 1. The first-order valence-electron chi connectivity index (χ1n) is 7.86. The van der Waals surface area contributed by atoms with Gasteiger partial charge >= 0.3 is 0 Å². The third kappa shape index (κ3) is 2.49. The smallest absolute Gasteiger partial charge is 0.252 e. The van der Waals surface area contributed by atoms with Crippen LogP contribution in [0.15, 0.2) is 18.3 Å². The lowest BCUT2D eigenvalue weighted by atomic mass is 9.85. The lowest BCUT2D eigenvalue weighted by molar-refractivity contribution is 0.100. The average Bonchev–Trinajstić information content (AvgIpc) is 2.93. The highest BCUT2D eigenvalue weighted by atomic mass is 16.1. The molecule has 0 aliphatic heterocycles. The summed E-state index contributed by atoms with van der Waals surface area (Å²) in [4.78, 5) is 11.8. The van der Waals surface area contributed by atoms with E-state index in [1.807, 2.05) is 19.2 Å². The Bertz CT molecular complexity index is 693. The minimum Gasteiger partial charge on any atom is -0.380 e. The molecule has 2 atom stereocenters. The number of anilines is 2. The van der Waals surface area contributed by atoms with Crippen molar-refractivity contribution in [2.75, 3.05) is 17.7 Å². The number of carbonyl (C=O) groups is 1. The summed E-state index contributed by atoms with van der Waals surface area (Å²) in [5, 5.41) is 11.0. The first-order valence-corrected chi connectivity index (χ1v) is 7.86. The zero-order valence-corrected chi connectivity index (χ0v) is 13.1. The van der Waals surface area contributed by atoms with Crippen LogP contribution in [0.3, 0.4) is 0 Å². The molecular formula is C16H23N5O. The zero-order chi connectivity index (χ0) is 15.7. The van der Waals surface area contributed by atoms with E-state index in [9.17, 15) is 4.79 Å². The Morgan fingerprint density at radius 3 is 2.82 bits per heavy atom. The summed E-state index contributed by atoms with van der Waals surface area (Å²) in [6, 6.07) is 4.27. The molecule has 2 aromatic heterocycles. The predicted octanol–water partition coefficient (Wildman–Crippen LogP) is 2.47. The van der Waals surface area contributed by atoms with Crippen LogP contribution in [0.1, 0.15) is 43.0 Å². The number of nitrogens with one attached hydrogen (secondary N) is 2. The van der Waals surface area contributed by atoms with E-state index < -0.39 is 5.91 Å². The fourth-order valence-electron chi connectivity index (χ4n) is 3.30. The molecule has 2 heterocycles. The SMILES string of the molecule is CNc1ccc2c(NC3CCCCC3C)c(C(N)=O)cnn12. The maximum Gasteiger partial charge on any atom is 0.252 e. The molecule has 2 unspecified atom stereocenters. The lowest BCUT2D eigenvalue weighted by Crippen LogP contribution is -2.31. The van der Waals surface area contributed by atoms with Gasteiger partial charge in [0.1, 0.15) is 5.82 Å². The van der Waals surface area contributed by atoms with Gasteiger partial charge in [0.2, 0.25) is 0 Å². The van der Waals surface area contributed by atoms with Gasteiger partial charge in [0.05, 0.1) is 23.0 Å². The number of nitrogens with two attached hydrogens (primary N) is 1. The number of hydrogen-bond acceptors (Lipinski definition) is 4. The molecular weight excluding hydrogens is 278 g/mol. The molecule has 0 aromatic carbocycles. The van der Waals surface area contributed by atoms with E-state index in [1.165, 1.54) is 19.3 Å². The van der Waals surface area contributed by atoms with Gasteiger partial charge in [-0.2, -0.15) is 5.10 Å². The molecule has 0 radical (unpaired) electrons. The summed E-state index contributed by atoms with van der Waals surface area (Å²) < 4.78 is 1.79. The van der Waals surface area contributed by atoms with E-state index in [0.29, 0.717) is 17.5 Å². The van der Waals surface area contributed by atoms with Gasteiger partial charge in [0.25, 0.3) is 5.91 Å². The van der Waals surface area contributed by atoms with Crippen molar-refractivity contribution in [2.24, 2.45) is 11.7 Å². The van der Waals surface area contributed by atoms with Crippen LogP contribution in [0.4, 0.5) is 11.5 Å². The number of fused-ring (bicyclic) bond motifs is 1. The third-order valence-corrected chi connectivity index (χ3v) is 4.65. The summed E-state index contributed by atoms with van der Waals surface area (Å²) in [5.74, 6) is 1.01. The standard InChI is InChI=1S/C16H23N5O/c1-10-5-3-4-6-12(10)20-15-11(16(17)22)9-19-21-13(15)7-8-14(21)18-2/h7-10,12,18,20H,3-6H2,1-2H3,(H2,17,22). The Morgan fingerprint density at radius 2 is 2.14 bits per heavy atom. The van der Waals surface area contributed by atoms with Crippen LogP contribution in [0, 0.1) is 5.92 Å². The van der Waals surface area contributed by atoms with E-state index in [2.05, 4.69) is 22.7 Å². The van der Waals surface area contributed by atoms with Crippen molar-refractivity contribution in [3.05, 3.63) is 23.9 Å². The molecule has 2 aromatic rings. The van der Waals surface area contributed by atoms with Crippen molar-refractivity contribution in [1.29, 1.82) is 0 Å². The Hall–Kier alpha value is -2.24. The Kier molecular flexibility index (Phi) is 3.92. The normalized spacial score (nSPS) is 21.7. The fourth-order valence-corrected chi connectivity index (χ4v) is 3.30. The number of primary amides is 1. The molecule has 0 spiro atoms. The van der Waals surface area contributed by atoms with E-state index in [1.54, 1.807) is 10.7 Å². The largest absolute Gasteiger partial charge is 0.380 e. The van der Waals surface area contributed by atoms with Crippen LogP contribution in [0.25, 0.3) is 5.52 Å². The molecule has 118 valence electrons. The average molecular weight is 301 g/mol. The Balaban J connectivity index is 2.06. The zero-order valence-electron chi connectivity index (χ0n) is 13.1. The summed E-state index contributed by atoms with van der Waals surface area (Å²) >= 11 is 0. The van der Waals surface area contributed by atoms with Gasteiger partial charge in [-0.25, -0.2) is 4.52 Å². The fraction of sp³-hybridized carbons (Fsp3) is 0.500. The van der Waals surface area contributed by atoms with Crippen molar-refractivity contribution < 1.29 is 4.79 Å². The van der Waals surface area contributed by atoms with Gasteiger partial charge < -0.3 is 16.4 Å². The Morgan fingerprint density at radius 1 is 1.36 bits per heavy atom. The van der Waals surface area contributed by atoms with Gasteiger partial charge in [-0.15, -0.1) is 0 Å². The highest BCUT2D eigenvalue weighted by molar-refractivity contribution is 6.02. The molecule has 1 amide bonds. The number of aromatic nitrogens is 2. The van der Waals surface area contributed by atoms with Crippen molar-refractivity contribution in [2.45, 2.75) is 38.6 Å².